The van der Waals surface area contributed by atoms with Crippen molar-refractivity contribution < 1.29 is 20.4 Å². The second-order valence-electron chi connectivity index (χ2n) is 7.94. The third-order valence-electron chi connectivity index (χ3n) is 5.87. The van der Waals surface area contributed by atoms with Crippen LogP contribution in [-0.2, 0) is 1.41 Å². The van der Waals surface area contributed by atoms with Crippen LogP contribution in [0, 0.1) is 0 Å². The molecule has 0 bridgehead atoms. The normalized spacial score (nSPS) is 11.3. The molecule has 0 spiro atoms. The first-order valence-corrected chi connectivity index (χ1v) is 23.0. The number of halogens is 1. The number of rotatable bonds is 10. The molecule has 4 aromatic rings. The number of benzene rings is 4. The summed E-state index contributed by atoms with van der Waals surface area (Å²) in [5, 5.41) is 0. The Morgan fingerprint density at radius 3 is 1.03 bits per heavy atom. The summed E-state index contributed by atoms with van der Waals surface area (Å²) in [7, 11) is 14.4. The van der Waals surface area contributed by atoms with Gasteiger partial charge in [-0.2, -0.15) is 0 Å². The van der Waals surface area contributed by atoms with E-state index in [1.165, 1.54) is 7.16 Å². The summed E-state index contributed by atoms with van der Waals surface area (Å²) in [4.78, 5) is 0. The molecule has 0 aliphatic heterocycles. The van der Waals surface area contributed by atoms with Crippen LogP contribution in [0.25, 0.3) is 0 Å². The summed E-state index contributed by atoms with van der Waals surface area (Å²) in [5.41, 5.74) is 0. The average Bonchev–Trinajstić information content (AvgIpc) is 2.96. The zero-order valence-corrected chi connectivity index (χ0v) is 27.1. The van der Waals surface area contributed by atoms with Crippen LogP contribution in [0.15, 0.2) is 97.1 Å². The van der Waals surface area contributed by atoms with Gasteiger partial charge in [0, 0.05) is 0 Å². The van der Waals surface area contributed by atoms with Gasteiger partial charge in [0.15, 0.2) is 0 Å². The van der Waals surface area contributed by atoms with Crippen molar-refractivity contribution >= 4 is 61.1 Å². The molecule has 0 unspecified atom stereocenters. The van der Waals surface area contributed by atoms with Crippen molar-refractivity contribution in [1.82, 2.24) is 0 Å². The zero-order chi connectivity index (χ0) is 25.5. The van der Waals surface area contributed by atoms with Gasteiger partial charge in [-0.25, -0.2) is 0 Å². The SMILES string of the molecule is COc1cc[c]([Sn]([O][Sn]([Cl])([c]2ccc(OC)cc2)[c]2ccc(OC)cc2)[c]2ccc(OC)cc2)cc1. The summed E-state index contributed by atoms with van der Waals surface area (Å²) >= 11 is -7.14. The van der Waals surface area contributed by atoms with Crippen molar-refractivity contribution in [2.24, 2.45) is 0 Å². The molecule has 0 atom stereocenters. The minimum absolute atomic E-state index is 0.781. The molecule has 1 radical (unpaired) electrons. The van der Waals surface area contributed by atoms with Crippen LogP contribution in [0.3, 0.4) is 0 Å². The Hall–Kier alpha value is -2.07. The van der Waals surface area contributed by atoms with E-state index in [1.54, 1.807) is 28.4 Å². The molecule has 4 rings (SSSR count). The first-order chi connectivity index (χ1) is 17.5. The zero-order valence-electron chi connectivity index (χ0n) is 20.7. The van der Waals surface area contributed by atoms with Gasteiger partial charge in [0.25, 0.3) is 0 Å². The molecule has 0 N–H and O–H groups in total. The van der Waals surface area contributed by atoms with Crippen molar-refractivity contribution in [3.05, 3.63) is 97.1 Å². The first kappa shape index (κ1) is 27.0. The number of hydrogen-bond acceptors (Lipinski definition) is 5. The van der Waals surface area contributed by atoms with Gasteiger partial charge in [-0.1, -0.05) is 0 Å². The molecule has 0 saturated carbocycles. The van der Waals surface area contributed by atoms with Crippen molar-refractivity contribution in [2.45, 2.75) is 0 Å². The van der Waals surface area contributed by atoms with Crippen LogP contribution >= 0.6 is 8.92 Å². The average molecular weight is 717 g/mol. The van der Waals surface area contributed by atoms with Gasteiger partial charge in [-0.3, -0.25) is 0 Å². The van der Waals surface area contributed by atoms with E-state index in [-0.39, 0.29) is 0 Å². The molecule has 0 aliphatic rings. The number of ether oxygens (including phenoxy) is 4. The van der Waals surface area contributed by atoms with E-state index in [4.69, 9.17) is 29.3 Å². The van der Waals surface area contributed by atoms with Crippen LogP contribution in [0.4, 0.5) is 0 Å². The molecular weight excluding hydrogens is 689 g/mol. The van der Waals surface area contributed by atoms with Crippen molar-refractivity contribution in [3.63, 3.8) is 0 Å². The summed E-state index contributed by atoms with van der Waals surface area (Å²) < 4.78 is 33.3. The Labute approximate surface area is 228 Å². The molecule has 0 fully saturated rings. The Kier molecular flexibility index (Phi) is 9.33. The predicted molar refractivity (Wildman–Crippen MR) is 149 cm³/mol. The summed E-state index contributed by atoms with van der Waals surface area (Å²) in [6.45, 7) is 0. The maximum atomic E-state index is 7.70. The fraction of sp³-hybridized carbons (Fsp3) is 0.143. The van der Waals surface area contributed by atoms with E-state index in [0.717, 1.165) is 30.2 Å². The maximum absolute atomic E-state index is 7.70. The van der Waals surface area contributed by atoms with Crippen LogP contribution in [0.2, 0.25) is 0 Å². The molecular formula is C28H28ClO5Sn2. The van der Waals surface area contributed by atoms with Crippen LogP contribution in [-0.4, -0.2) is 66.3 Å². The Balaban J connectivity index is 1.84. The molecule has 0 heterocycles. The monoisotopic (exact) mass is 719 g/mol. The second-order valence-corrected chi connectivity index (χ2v) is 27.9. The quantitative estimate of drug-likeness (QED) is 0.236. The number of hydrogen-bond donors (Lipinski definition) is 0. The van der Waals surface area contributed by atoms with Gasteiger partial charge in [-0.05, 0) is 0 Å². The molecule has 5 nitrogen and oxygen atoms in total. The van der Waals surface area contributed by atoms with Crippen LogP contribution in [0.5, 0.6) is 23.0 Å². The molecule has 0 saturated heterocycles. The van der Waals surface area contributed by atoms with Crippen LogP contribution < -0.4 is 33.3 Å². The standard InChI is InChI=1S/4C7H7O.ClH.O.2Sn/c4*1-8-7-5-3-2-4-6-7;;;;/h4*3-6H,1H3;1H;;;/q;;;;;;;+1/p-1. The molecule has 4 aromatic carbocycles. The van der Waals surface area contributed by atoms with Gasteiger partial charge < -0.3 is 0 Å². The van der Waals surface area contributed by atoms with E-state index in [9.17, 15) is 0 Å². The minimum atomic E-state index is -4.15. The van der Waals surface area contributed by atoms with E-state index < -0.39 is 37.8 Å². The van der Waals surface area contributed by atoms with Crippen molar-refractivity contribution in [1.29, 1.82) is 0 Å². The third-order valence-corrected chi connectivity index (χ3v) is 34.0. The second kappa shape index (κ2) is 12.4. The molecule has 0 aromatic heterocycles. The van der Waals surface area contributed by atoms with Crippen molar-refractivity contribution in [3.8, 4) is 23.0 Å². The fourth-order valence-corrected chi connectivity index (χ4v) is 33.5. The van der Waals surface area contributed by atoms with Gasteiger partial charge >= 0.3 is 230 Å². The summed E-state index contributed by atoms with van der Waals surface area (Å²) in [6, 6.07) is 32.3. The van der Waals surface area contributed by atoms with E-state index in [2.05, 4.69) is 24.3 Å². The summed E-state index contributed by atoms with van der Waals surface area (Å²) in [5.74, 6) is 3.18. The first-order valence-electron chi connectivity index (χ1n) is 11.3. The molecule has 185 valence electrons. The Morgan fingerprint density at radius 2 is 0.750 bits per heavy atom. The van der Waals surface area contributed by atoms with Gasteiger partial charge in [0.05, 0.1) is 0 Å². The molecule has 0 aliphatic carbocycles. The van der Waals surface area contributed by atoms with E-state index >= 15 is 0 Å². The Bertz CT molecular complexity index is 1150. The fourth-order valence-electron chi connectivity index (χ4n) is 3.81. The predicted octanol–water partition coefficient (Wildman–Crippen LogP) is 3.34. The number of methoxy groups -OCH3 is 4. The van der Waals surface area contributed by atoms with E-state index in [1.807, 2.05) is 72.8 Å². The third kappa shape index (κ3) is 6.07. The van der Waals surface area contributed by atoms with E-state index in [0.29, 0.717) is 0 Å². The van der Waals surface area contributed by atoms with Gasteiger partial charge in [0.1, 0.15) is 0 Å². The summed E-state index contributed by atoms with van der Waals surface area (Å²) in [6.07, 6.45) is 0. The topological polar surface area (TPSA) is 46.2 Å². The van der Waals surface area contributed by atoms with Crippen LogP contribution in [0.1, 0.15) is 0 Å². The molecule has 8 heteroatoms. The van der Waals surface area contributed by atoms with Crippen molar-refractivity contribution in [2.75, 3.05) is 28.4 Å². The van der Waals surface area contributed by atoms with Gasteiger partial charge in [-0.15, -0.1) is 0 Å². The Morgan fingerprint density at radius 1 is 0.472 bits per heavy atom. The molecule has 0 amide bonds. The molecule has 36 heavy (non-hydrogen) atoms. The van der Waals surface area contributed by atoms with Gasteiger partial charge in [0.2, 0.25) is 0 Å².